The number of benzene rings is 9. The molecule has 3 aromatic heterocycles. The number of fused-ring (bicyclic) bond motifs is 9. The monoisotopic (exact) mass is 726 g/mol. The fourth-order valence-electron chi connectivity index (χ4n) is 9.02. The van der Waals surface area contributed by atoms with Crippen molar-refractivity contribution in [2.24, 2.45) is 0 Å². The van der Waals surface area contributed by atoms with Crippen molar-refractivity contribution >= 4 is 65.6 Å². The maximum atomic E-state index is 6.16. The van der Waals surface area contributed by atoms with Crippen LogP contribution in [0.25, 0.3) is 110 Å². The molecule has 0 unspecified atom stereocenters. The molecule has 0 radical (unpaired) electrons. The Morgan fingerprint density at radius 3 is 1.35 bits per heavy atom. The number of rotatable bonds is 5. The molecule has 0 atom stereocenters. The van der Waals surface area contributed by atoms with Crippen LogP contribution in [0.5, 0.6) is 0 Å². The highest BCUT2D eigenvalue weighted by atomic mass is 16.3. The van der Waals surface area contributed by atoms with Gasteiger partial charge in [-0.2, -0.15) is 0 Å². The molecule has 12 rings (SSSR count). The summed E-state index contributed by atoms with van der Waals surface area (Å²) in [7, 11) is 0. The molecule has 12 aromatic rings. The van der Waals surface area contributed by atoms with E-state index in [1.165, 1.54) is 77.0 Å². The molecule has 3 nitrogen and oxygen atoms in total. The third kappa shape index (κ3) is 4.99. The van der Waals surface area contributed by atoms with Crippen LogP contribution in [-0.4, -0.2) is 9.13 Å². The molecule has 0 aliphatic carbocycles. The summed E-state index contributed by atoms with van der Waals surface area (Å²) in [5.41, 5.74) is 16.1. The molecule has 57 heavy (non-hydrogen) atoms. The van der Waals surface area contributed by atoms with Crippen LogP contribution in [-0.2, 0) is 0 Å². The predicted octanol–water partition coefficient (Wildman–Crippen LogP) is 14.8. The molecule has 0 saturated carbocycles. The first-order valence-electron chi connectivity index (χ1n) is 19.5. The van der Waals surface area contributed by atoms with Crippen molar-refractivity contribution in [1.29, 1.82) is 0 Å². The van der Waals surface area contributed by atoms with Crippen molar-refractivity contribution in [2.45, 2.75) is 0 Å². The highest BCUT2D eigenvalue weighted by Crippen LogP contribution is 2.39. The molecule has 266 valence electrons. The highest BCUT2D eigenvalue weighted by molar-refractivity contribution is 6.12. The molecule has 0 amide bonds. The number of hydrogen-bond donors (Lipinski definition) is 0. The molecule has 0 aliphatic heterocycles. The molecule has 0 aliphatic rings. The van der Waals surface area contributed by atoms with Gasteiger partial charge in [-0.15, -0.1) is 0 Å². The minimum Gasteiger partial charge on any atom is -0.456 e. The lowest BCUT2D eigenvalue weighted by Crippen LogP contribution is -1.94. The van der Waals surface area contributed by atoms with E-state index in [1.807, 2.05) is 12.1 Å². The van der Waals surface area contributed by atoms with Gasteiger partial charge in [-0.1, -0.05) is 133 Å². The van der Waals surface area contributed by atoms with Crippen LogP contribution in [0.3, 0.4) is 0 Å². The molecular formula is C54H34N2O. The Hall–Kier alpha value is -7.62. The Morgan fingerprint density at radius 2 is 0.702 bits per heavy atom. The van der Waals surface area contributed by atoms with Gasteiger partial charge in [-0.3, -0.25) is 0 Å². The highest BCUT2D eigenvalue weighted by Gasteiger charge is 2.17. The summed E-state index contributed by atoms with van der Waals surface area (Å²) >= 11 is 0. The van der Waals surface area contributed by atoms with E-state index in [4.69, 9.17) is 4.42 Å². The largest absolute Gasteiger partial charge is 0.456 e. The van der Waals surface area contributed by atoms with E-state index in [2.05, 4.69) is 203 Å². The van der Waals surface area contributed by atoms with E-state index in [0.29, 0.717) is 0 Å². The summed E-state index contributed by atoms with van der Waals surface area (Å²) in [6.07, 6.45) is 0. The molecule has 0 spiro atoms. The fraction of sp³-hybridized carbons (Fsp3) is 0. The van der Waals surface area contributed by atoms with Gasteiger partial charge in [-0.05, 0) is 106 Å². The Balaban J connectivity index is 0.920. The molecule has 9 aromatic carbocycles. The topological polar surface area (TPSA) is 23.0 Å². The van der Waals surface area contributed by atoms with E-state index in [-0.39, 0.29) is 0 Å². The number of furan rings is 1. The summed E-state index contributed by atoms with van der Waals surface area (Å²) in [6.45, 7) is 0. The van der Waals surface area contributed by atoms with Crippen molar-refractivity contribution in [3.05, 3.63) is 206 Å². The Labute approximate surface area is 328 Å². The third-order valence-electron chi connectivity index (χ3n) is 11.7. The number of aromatic nitrogens is 2. The summed E-state index contributed by atoms with van der Waals surface area (Å²) in [6, 6.07) is 74.6. The molecule has 3 heterocycles. The molecular weight excluding hydrogens is 693 g/mol. The lowest BCUT2D eigenvalue weighted by Gasteiger charge is -2.11. The van der Waals surface area contributed by atoms with Crippen LogP contribution in [0, 0.1) is 0 Å². The van der Waals surface area contributed by atoms with Crippen molar-refractivity contribution in [2.75, 3.05) is 0 Å². The van der Waals surface area contributed by atoms with E-state index >= 15 is 0 Å². The summed E-state index contributed by atoms with van der Waals surface area (Å²) in [5, 5.41) is 7.24. The lowest BCUT2D eigenvalue weighted by molar-refractivity contribution is 0.669. The van der Waals surface area contributed by atoms with Crippen molar-refractivity contribution in [1.82, 2.24) is 9.13 Å². The minimum atomic E-state index is 0.906. The molecule has 3 heteroatoms. The van der Waals surface area contributed by atoms with E-state index in [0.717, 1.165) is 33.3 Å². The van der Waals surface area contributed by atoms with Crippen LogP contribution < -0.4 is 0 Å². The summed E-state index contributed by atoms with van der Waals surface area (Å²) < 4.78 is 10.9. The first kappa shape index (κ1) is 31.7. The summed E-state index contributed by atoms with van der Waals surface area (Å²) in [5.74, 6) is 0. The Morgan fingerprint density at radius 1 is 0.246 bits per heavy atom. The van der Waals surface area contributed by atoms with Gasteiger partial charge in [0.2, 0.25) is 0 Å². The van der Waals surface area contributed by atoms with Crippen LogP contribution in [0.15, 0.2) is 211 Å². The van der Waals surface area contributed by atoms with Crippen LogP contribution in [0.4, 0.5) is 0 Å². The van der Waals surface area contributed by atoms with Crippen molar-refractivity contribution in [3.8, 4) is 44.8 Å². The molecule has 0 bridgehead atoms. The van der Waals surface area contributed by atoms with Crippen molar-refractivity contribution in [3.63, 3.8) is 0 Å². The zero-order valence-electron chi connectivity index (χ0n) is 30.9. The average Bonchev–Trinajstić information content (AvgIpc) is 3.94. The van der Waals surface area contributed by atoms with Gasteiger partial charge in [0.1, 0.15) is 11.2 Å². The van der Waals surface area contributed by atoms with Gasteiger partial charge in [-0.25, -0.2) is 0 Å². The zero-order chi connectivity index (χ0) is 37.5. The lowest BCUT2D eigenvalue weighted by atomic mass is 9.98. The normalized spacial score (nSPS) is 11.9. The zero-order valence-corrected chi connectivity index (χ0v) is 30.9. The van der Waals surface area contributed by atoms with E-state index in [1.54, 1.807) is 0 Å². The Kier molecular flexibility index (Phi) is 6.93. The van der Waals surface area contributed by atoms with Gasteiger partial charge in [0.05, 0.1) is 22.1 Å². The predicted molar refractivity (Wildman–Crippen MR) is 239 cm³/mol. The SMILES string of the molecule is c1ccc(-c2cccc(-n3c4ccccc4c4cc(-c5ccc(-c6ccc7c(c6)c6ccccc6n7-c6ccc7oc8ccccc8c7c6)cc5)ccc43)c2)cc1. The van der Waals surface area contributed by atoms with Gasteiger partial charge in [0, 0.05) is 43.7 Å². The molecule has 0 saturated heterocycles. The minimum absolute atomic E-state index is 0.906. The standard InChI is InChI=1S/C54H34N2O/c1-2-11-35(12-3-1)38-13-10-14-41(31-38)55-49-18-7-4-15-43(49)46-32-39(25-28-51(46)55)36-21-23-37(24-22-36)40-26-29-52-47(33-40)44-16-5-8-19-50(44)56(52)42-27-30-54-48(34-42)45-17-6-9-20-53(45)57-54/h1-34H. The number of nitrogens with zero attached hydrogens (tertiary/aromatic N) is 2. The molecule has 0 N–H and O–H groups in total. The smallest absolute Gasteiger partial charge is 0.135 e. The van der Waals surface area contributed by atoms with Crippen LogP contribution >= 0.6 is 0 Å². The first-order chi connectivity index (χ1) is 28.2. The number of hydrogen-bond acceptors (Lipinski definition) is 1. The molecule has 0 fully saturated rings. The second-order valence-corrected chi connectivity index (χ2v) is 14.9. The second-order valence-electron chi connectivity index (χ2n) is 14.9. The third-order valence-corrected chi connectivity index (χ3v) is 11.7. The Bertz CT molecular complexity index is 3510. The maximum Gasteiger partial charge on any atom is 0.135 e. The van der Waals surface area contributed by atoms with Crippen molar-refractivity contribution < 1.29 is 4.42 Å². The van der Waals surface area contributed by atoms with E-state index < -0.39 is 0 Å². The van der Waals surface area contributed by atoms with Crippen LogP contribution in [0.1, 0.15) is 0 Å². The second kappa shape index (κ2) is 12.5. The van der Waals surface area contributed by atoms with Gasteiger partial charge >= 0.3 is 0 Å². The van der Waals surface area contributed by atoms with Gasteiger partial charge < -0.3 is 13.6 Å². The first-order valence-corrected chi connectivity index (χ1v) is 19.5. The quantitative estimate of drug-likeness (QED) is 0.173. The maximum absolute atomic E-state index is 6.16. The fourth-order valence-corrected chi connectivity index (χ4v) is 9.02. The number of para-hydroxylation sites is 3. The summed E-state index contributed by atoms with van der Waals surface area (Å²) in [4.78, 5) is 0. The van der Waals surface area contributed by atoms with Gasteiger partial charge in [0.15, 0.2) is 0 Å². The average molecular weight is 727 g/mol. The van der Waals surface area contributed by atoms with Gasteiger partial charge in [0.25, 0.3) is 0 Å². The van der Waals surface area contributed by atoms with Crippen LogP contribution in [0.2, 0.25) is 0 Å². The van der Waals surface area contributed by atoms with E-state index in [9.17, 15) is 0 Å².